The Hall–Kier alpha value is -6.82. The van der Waals surface area contributed by atoms with Crippen LogP contribution in [0, 0.1) is 6.92 Å². The van der Waals surface area contributed by atoms with Gasteiger partial charge in [0, 0.05) is 34.0 Å². The quantitative estimate of drug-likeness (QED) is 0.131. The molecular formula is C35H24N2O10. The number of ether oxygens (including phenoxy) is 2. The van der Waals surface area contributed by atoms with Gasteiger partial charge in [-0.2, -0.15) is 0 Å². The lowest BCUT2D eigenvalue weighted by atomic mass is 10.0. The van der Waals surface area contributed by atoms with Crippen molar-refractivity contribution in [2.45, 2.75) is 6.92 Å². The van der Waals surface area contributed by atoms with Crippen molar-refractivity contribution in [1.29, 1.82) is 0 Å². The summed E-state index contributed by atoms with van der Waals surface area (Å²) >= 11 is 0. The molecule has 0 saturated carbocycles. The van der Waals surface area contributed by atoms with Crippen LogP contribution in [0.1, 0.15) is 26.3 Å². The van der Waals surface area contributed by atoms with E-state index in [1.165, 1.54) is 24.3 Å². The Morgan fingerprint density at radius 2 is 0.979 bits per heavy atom. The Morgan fingerprint density at radius 3 is 1.49 bits per heavy atom. The second kappa shape index (κ2) is 13.4. The number of aromatic carboxylic acids is 2. The minimum absolute atomic E-state index is 0.0801. The van der Waals surface area contributed by atoms with Crippen LogP contribution in [0.25, 0.3) is 44.3 Å². The van der Waals surface area contributed by atoms with Crippen molar-refractivity contribution in [2.24, 2.45) is 0 Å². The van der Waals surface area contributed by atoms with Gasteiger partial charge in [0.1, 0.15) is 11.5 Å². The van der Waals surface area contributed by atoms with Gasteiger partial charge in [0.05, 0.1) is 33.5 Å². The van der Waals surface area contributed by atoms with Gasteiger partial charge in [-0.25, -0.2) is 29.1 Å². The number of pyridine rings is 2. The molecule has 4 N–H and O–H groups in total. The number of benzene rings is 4. The van der Waals surface area contributed by atoms with Crippen LogP contribution in [0.5, 0.6) is 11.5 Å². The maximum atomic E-state index is 11.4. The summed E-state index contributed by atoms with van der Waals surface area (Å²) in [5.74, 6) is -1.95. The number of nitrogens with zero attached hydrogens (tertiary/aromatic N) is 2. The van der Waals surface area contributed by atoms with Crippen molar-refractivity contribution in [3.05, 3.63) is 120 Å². The summed E-state index contributed by atoms with van der Waals surface area (Å²) in [7, 11) is 0. The van der Waals surface area contributed by atoms with Crippen molar-refractivity contribution in [2.75, 3.05) is 0 Å². The number of hydrogen-bond donors (Lipinski definition) is 4. The minimum Gasteiger partial charge on any atom is -0.478 e. The third-order valence-corrected chi connectivity index (χ3v) is 6.87. The van der Waals surface area contributed by atoms with Gasteiger partial charge < -0.3 is 29.9 Å². The molecule has 0 aliphatic rings. The van der Waals surface area contributed by atoms with Gasteiger partial charge >= 0.3 is 24.2 Å². The number of hydrogen-bond acceptors (Lipinski definition) is 8. The fraction of sp³-hybridized carbons (Fsp3) is 0.0286. The van der Waals surface area contributed by atoms with Crippen molar-refractivity contribution in [3.63, 3.8) is 0 Å². The van der Waals surface area contributed by atoms with Crippen LogP contribution in [0.4, 0.5) is 9.59 Å². The maximum absolute atomic E-state index is 11.4. The van der Waals surface area contributed by atoms with Gasteiger partial charge in [-0.15, -0.1) is 0 Å². The lowest BCUT2D eigenvalue weighted by molar-refractivity contribution is 0.0687. The molecule has 6 rings (SSSR count). The number of carboxylic acid groups (broad SMARTS) is 4. The van der Waals surface area contributed by atoms with Gasteiger partial charge in [0.15, 0.2) is 0 Å². The van der Waals surface area contributed by atoms with E-state index < -0.39 is 24.2 Å². The molecule has 2 aromatic heterocycles. The van der Waals surface area contributed by atoms with Crippen LogP contribution >= 0.6 is 0 Å². The molecule has 12 nitrogen and oxygen atoms in total. The molecule has 0 aliphatic carbocycles. The number of aromatic nitrogens is 2. The molecule has 47 heavy (non-hydrogen) atoms. The van der Waals surface area contributed by atoms with Crippen LogP contribution in [0.15, 0.2) is 103 Å². The highest BCUT2D eigenvalue weighted by molar-refractivity contribution is 5.98. The summed E-state index contributed by atoms with van der Waals surface area (Å²) in [6, 6.07) is 27.9. The molecule has 0 radical (unpaired) electrons. The van der Waals surface area contributed by atoms with Crippen LogP contribution < -0.4 is 9.47 Å². The number of carbonyl (C=O) groups is 4. The fourth-order valence-electron chi connectivity index (χ4n) is 4.87. The fourth-order valence-corrected chi connectivity index (χ4v) is 4.87. The molecule has 2 heterocycles. The van der Waals surface area contributed by atoms with E-state index in [0.717, 1.165) is 5.56 Å². The molecule has 4 aromatic carbocycles. The molecular weight excluding hydrogens is 608 g/mol. The highest BCUT2D eigenvalue weighted by atomic mass is 16.7. The highest BCUT2D eigenvalue weighted by Gasteiger charge is 2.18. The van der Waals surface area contributed by atoms with Gasteiger partial charge in [0.2, 0.25) is 0 Å². The van der Waals surface area contributed by atoms with Crippen molar-refractivity contribution in [1.82, 2.24) is 9.97 Å². The molecule has 0 amide bonds. The monoisotopic (exact) mass is 632 g/mol. The number of para-hydroxylation sites is 1. The maximum Gasteiger partial charge on any atom is 0.511 e. The van der Waals surface area contributed by atoms with Gasteiger partial charge in [0.25, 0.3) is 0 Å². The van der Waals surface area contributed by atoms with Crippen molar-refractivity contribution < 1.29 is 49.1 Å². The topological polar surface area (TPSA) is 193 Å². The van der Waals surface area contributed by atoms with E-state index in [2.05, 4.69) is 9.97 Å². The first kappa shape index (κ1) is 31.6. The van der Waals surface area contributed by atoms with Crippen LogP contribution in [-0.4, -0.2) is 54.6 Å². The first-order valence-corrected chi connectivity index (χ1v) is 13.8. The van der Waals surface area contributed by atoms with Crippen LogP contribution in [0.2, 0.25) is 0 Å². The zero-order valence-corrected chi connectivity index (χ0v) is 24.4. The van der Waals surface area contributed by atoms with Crippen LogP contribution in [0.3, 0.4) is 0 Å². The molecule has 0 fully saturated rings. The molecule has 0 spiro atoms. The van der Waals surface area contributed by atoms with E-state index in [1.807, 2.05) is 13.0 Å². The summed E-state index contributed by atoms with van der Waals surface area (Å²) in [6.45, 7) is 1.87. The van der Waals surface area contributed by atoms with Crippen LogP contribution in [-0.2, 0) is 0 Å². The predicted molar refractivity (Wildman–Crippen MR) is 170 cm³/mol. The first-order chi connectivity index (χ1) is 22.5. The Morgan fingerprint density at radius 1 is 0.532 bits per heavy atom. The van der Waals surface area contributed by atoms with Crippen molar-refractivity contribution in [3.8, 4) is 34.0 Å². The normalized spacial score (nSPS) is 10.5. The predicted octanol–water partition coefficient (Wildman–Crippen LogP) is 7.62. The van der Waals surface area contributed by atoms with E-state index in [0.29, 0.717) is 44.3 Å². The molecule has 0 aliphatic heterocycles. The first-order valence-electron chi connectivity index (χ1n) is 13.8. The standard InChI is InChI=1S/C18H13NO5.C17H11NO5/c1-10-6-7-14-13(8-10)16(24-18(22)23)9-15(19-14)11-4-2-3-5-12(11)17(20)21;19-16(20)11-6-2-1-5-10(11)14-9-15(23-17(21)22)12-7-3-4-8-13(12)18-14/h2-9H,1H3,(H,20,21)(H,22,23);1-9H,(H,19,20)(H,21,22). The third-order valence-electron chi connectivity index (χ3n) is 6.87. The number of aryl methyl sites for hydroxylation is 1. The second-order valence-corrected chi connectivity index (χ2v) is 9.99. The summed E-state index contributed by atoms with van der Waals surface area (Å²) in [5, 5.41) is 37.6. The number of rotatable bonds is 6. The summed E-state index contributed by atoms with van der Waals surface area (Å²) < 4.78 is 9.69. The molecule has 0 atom stereocenters. The molecule has 234 valence electrons. The smallest absolute Gasteiger partial charge is 0.478 e. The SMILES string of the molecule is Cc1ccc2nc(-c3ccccc3C(=O)O)cc(OC(=O)O)c2c1.O=C(O)Oc1cc(-c2ccccc2C(=O)O)nc2ccccc12. The van der Waals surface area contributed by atoms with E-state index >= 15 is 0 Å². The van der Waals surface area contributed by atoms with Gasteiger partial charge in [-0.1, -0.05) is 60.2 Å². The molecule has 12 heteroatoms. The highest BCUT2D eigenvalue weighted by Crippen LogP contribution is 2.33. The van der Waals surface area contributed by atoms with Gasteiger partial charge in [-0.3, -0.25) is 0 Å². The molecule has 0 unspecified atom stereocenters. The Kier molecular flexibility index (Phi) is 9.04. The summed E-state index contributed by atoms with van der Waals surface area (Å²) in [5.41, 5.74) is 3.57. The Labute approximate surface area is 265 Å². The molecule has 0 bridgehead atoms. The zero-order chi connectivity index (χ0) is 33.7. The lowest BCUT2D eigenvalue weighted by Crippen LogP contribution is -2.05. The van der Waals surface area contributed by atoms with E-state index in [9.17, 15) is 29.4 Å². The molecule has 0 saturated heterocycles. The van der Waals surface area contributed by atoms with Gasteiger partial charge in [-0.05, 0) is 43.3 Å². The van der Waals surface area contributed by atoms with E-state index in [4.69, 9.17) is 19.7 Å². The third kappa shape index (κ3) is 7.13. The molecule has 6 aromatic rings. The summed E-state index contributed by atoms with van der Waals surface area (Å²) in [6.07, 6.45) is -2.89. The average Bonchev–Trinajstić information content (AvgIpc) is 3.04. The van der Waals surface area contributed by atoms with Crippen molar-refractivity contribution >= 4 is 46.1 Å². The Balaban J connectivity index is 0.000000185. The largest absolute Gasteiger partial charge is 0.511 e. The summed E-state index contributed by atoms with van der Waals surface area (Å²) in [4.78, 5) is 53.5. The zero-order valence-electron chi connectivity index (χ0n) is 24.4. The van der Waals surface area contributed by atoms with E-state index in [1.54, 1.807) is 72.8 Å². The average molecular weight is 633 g/mol. The Bertz CT molecular complexity index is 2200. The second-order valence-electron chi connectivity index (χ2n) is 9.99. The lowest BCUT2D eigenvalue weighted by Gasteiger charge is -2.11. The minimum atomic E-state index is -1.45. The van der Waals surface area contributed by atoms with E-state index in [-0.39, 0.29) is 22.6 Å². The number of carboxylic acids is 2. The number of fused-ring (bicyclic) bond motifs is 2.